The zero-order valence-electron chi connectivity index (χ0n) is 16.3. The van der Waals surface area contributed by atoms with Gasteiger partial charge in [-0.1, -0.05) is 0 Å². The Hall–Kier alpha value is -4.03. The lowest BCUT2D eigenvalue weighted by Gasteiger charge is -2.16. The number of aromatic carboxylic acids is 1. The van der Waals surface area contributed by atoms with Crippen molar-refractivity contribution in [2.75, 3.05) is 0 Å². The first-order valence-electron chi connectivity index (χ1n) is 8.87. The molecule has 3 aromatic carbocycles. The van der Waals surface area contributed by atoms with Crippen molar-refractivity contribution < 1.29 is 59.6 Å². The fourth-order valence-electron chi connectivity index (χ4n) is 2.67. The van der Waals surface area contributed by atoms with Gasteiger partial charge in [-0.05, 0) is 48.5 Å². The van der Waals surface area contributed by atoms with Crippen LogP contribution >= 0.6 is 0 Å². The molecule has 0 saturated heterocycles. The number of phenolic OH excluding ortho intramolecular Hbond substituents is 1. The monoisotopic (exact) mass is 494 g/mol. The van der Waals surface area contributed by atoms with E-state index >= 15 is 0 Å². The number of phenols is 1. The SMILES string of the molecule is O=C(O)c1c(F)c(Oc2ccc(C(F)(F)F)cc2)c(O)c(Oc2ccc(C(F)(F)F)cc2)c1F. The minimum Gasteiger partial charge on any atom is -0.502 e. The molecule has 0 aromatic heterocycles. The van der Waals surface area contributed by atoms with E-state index in [0.29, 0.717) is 24.3 Å². The van der Waals surface area contributed by atoms with Gasteiger partial charge in [0.05, 0.1) is 11.1 Å². The van der Waals surface area contributed by atoms with Gasteiger partial charge in [0.1, 0.15) is 17.1 Å². The van der Waals surface area contributed by atoms with Crippen molar-refractivity contribution >= 4 is 5.97 Å². The molecule has 0 fully saturated rings. The van der Waals surface area contributed by atoms with Crippen molar-refractivity contribution in [2.45, 2.75) is 12.4 Å². The summed E-state index contributed by atoms with van der Waals surface area (Å²) in [5.74, 6) is -11.0. The third-order valence-corrected chi connectivity index (χ3v) is 4.28. The van der Waals surface area contributed by atoms with Crippen molar-refractivity contribution in [3.05, 3.63) is 76.9 Å². The molecule has 0 unspecified atom stereocenters. The minimum absolute atomic E-state index is 0.495. The topological polar surface area (TPSA) is 76.0 Å². The summed E-state index contributed by atoms with van der Waals surface area (Å²) in [5, 5.41) is 19.4. The molecular weight excluding hydrogens is 484 g/mol. The molecule has 0 saturated carbocycles. The van der Waals surface area contributed by atoms with E-state index in [1.165, 1.54) is 0 Å². The molecule has 0 atom stereocenters. The number of halogens is 8. The Kier molecular flexibility index (Phi) is 6.31. The second-order valence-corrected chi connectivity index (χ2v) is 6.56. The van der Waals surface area contributed by atoms with Crippen LogP contribution in [0.5, 0.6) is 28.7 Å². The second-order valence-electron chi connectivity index (χ2n) is 6.56. The first-order valence-corrected chi connectivity index (χ1v) is 8.87. The average molecular weight is 494 g/mol. The maximum atomic E-state index is 14.6. The fourth-order valence-corrected chi connectivity index (χ4v) is 2.67. The van der Waals surface area contributed by atoms with Crippen molar-refractivity contribution in [3.63, 3.8) is 0 Å². The van der Waals surface area contributed by atoms with Gasteiger partial charge in [-0.15, -0.1) is 0 Å². The molecule has 0 bridgehead atoms. The smallest absolute Gasteiger partial charge is 0.416 e. The number of rotatable bonds is 5. The van der Waals surface area contributed by atoms with Crippen molar-refractivity contribution in [1.29, 1.82) is 0 Å². The molecule has 0 aliphatic rings. The number of hydrogen-bond donors (Lipinski definition) is 2. The highest BCUT2D eigenvalue weighted by Gasteiger charge is 2.33. The van der Waals surface area contributed by atoms with Crippen LogP contribution in [0.1, 0.15) is 21.5 Å². The Balaban J connectivity index is 2.05. The van der Waals surface area contributed by atoms with Gasteiger partial charge in [-0.2, -0.15) is 26.3 Å². The average Bonchev–Trinajstić information content (AvgIpc) is 2.73. The minimum atomic E-state index is -4.71. The largest absolute Gasteiger partial charge is 0.502 e. The Morgan fingerprint density at radius 2 is 1.00 bits per heavy atom. The Labute approximate surface area is 184 Å². The Morgan fingerprint density at radius 1 is 0.676 bits per heavy atom. The lowest BCUT2D eigenvalue weighted by Crippen LogP contribution is -2.09. The summed E-state index contributed by atoms with van der Waals surface area (Å²) >= 11 is 0. The molecule has 34 heavy (non-hydrogen) atoms. The molecule has 0 spiro atoms. The van der Waals surface area contributed by atoms with Gasteiger partial charge < -0.3 is 19.7 Å². The summed E-state index contributed by atoms with van der Waals surface area (Å²) < 4.78 is 115. The number of aromatic hydroxyl groups is 1. The van der Waals surface area contributed by atoms with E-state index in [1.807, 2.05) is 0 Å². The Bertz CT molecular complexity index is 1130. The van der Waals surface area contributed by atoms with Crippen LogP contribution in [0, 0.1) is 11.6 Å². The van der Waals surface area contributed by atoms with Crippen LogP contribution in [0.2, 0.25) is 0 Å². The molecule has 0 aliphatic heterocycles. The number of ether oxygens (including phenoxy) is 2. The predicted molar refractivity (Wildman–Crippen MR) is 98.0 cm³/mol. The Morgan fingerprint density at radius 3 is 1.26 bits per heavy atom. The number of hydrogen-bond acceptors (Lipinski definition) is 4. The highest BCUT2D eigenvalue weighted by Crippen LogP contribution is 2.46. The molecule has 0 radical (unpaired) electrons. The summed E-state index contributed by atoms with van der Waals surface area (Å²) in [7, 11) is 0. The van der Waals surface area contributed by atoms with Crippen molar-refractivity contribution in [2.24, 2.45) is 0 Å². The van der Waals surface area contributed by atoms with E-state index in [4.69, 9.17) is 14.6 Å². The summed E-state index contributed by atoms with van der Waals surface area (Å²) in [4.78, 5) is 11.4. The van der Waals surface area contributed by atoms with E-state index in [9.17, 15) is 45.0 Å². The molecule has 13 heteroatoms. The number of alkyl halides is 6. The zero-order valence-corrected chi connectivity index (χ0v) is 16.3. The number of carboxylic acids is 1. The van der Waals surface area contributed by atoms with Crippen LogP contribution in [0.3, 0.4) is 0 Å². The standard InChI is InChI=1S/C21H10F8O5/c22-14-13(19(31)32)15(23)18(34-12-7-3-10(4-8-12)21(27,28)29)16(30)17(14)33-11-5-1-9(2-6-11)20(24,25)26/h1-8,30H,(H,31,32). The molecule has 0 heterocycles. The second kappa shape index (κ2) is 8.72. The van der Waals surface area contributed by atoms with E-state index in [1.54, 1.807) is 0 Å². The summed E-state index contributed by atoms with van der Waals surface area (Å²) in [6, 6.07) is 5.09. The summed E-state index contributed by atoms with van der Waals surface area (Å²) in [5.41, 5.74) is -3.84. The molecular formula is C21H10F8O5. The van der Waals surface area contributed by atoms with Crippen LogP contribution in [-0.2, 0) is 12.4 Å². The zero-order chi connectivity index (χ0) is 25.4. The molecule has 5 nitrogen and oxygen atoms in total. The number of benzene rings is 3. The highest BCUT2D eigenvalue weighted by molar-refractivity contribution is 5.90. The van der Waals surface area contributed by atoms with E-state index in [0.717, 1.165) is 24.3 Å². The molecule has 180 valence electrons. The van der Waals surface area contributed by atoms with Crippen molar-refractivity contribution in [3.8, 4) is 28.7 Å². The quantitative estimate of drug-likeness (QED) is 0.374. The summed E-state index contributed by atoms with van der Waals surface area (Å²) in [6.07, 6.45) is -9.41. The number of carboxylic acid groups (broad SMARTS) is 1. The maximum Gasteiger partial charge on any atom is 0.416 e. The molecule has 2 N–H and O–H groups in total. The highest BCUT2D eigenvalue weighted by atomic mass is 19.4. The fraction of sp³-hybridized carbons (Fsp3) is 0.0952. The van der Waals surface area contributed by atoms with E-state index in [-0.39, 0.29) is 0 Å². The molecule has 3 rings (SSSR count). The third-order valence-electron chi connectivity index (χ3n) is 4.28. The van der Waals surface area contributed by atoms with Gasteiger partial charge in [0.25, 0.3) is 0 Å². The van der Waals surface area contributed by atoms with Gasteiger partial charge in [0.2, 0.25) is 17.2 Å². The first kappa shape index (κ1) is 24.6. The predicted octanol–water partition coefficient (Wildman–Crippen LogP) is 6.99. The molecule has 3 aromatic rings. The van der Waals surface area contributed by atoms with Gasteiger partial charge in [-0.3, -0.25) is 0 Å². The maximum absolute atomic E-state index is 14.6. The lowest BCUT2D eigenvalue weighted by atomic mass is 10.1. The summed E-state index contributed by atoms with van der Waals surface area (Å²) in [6.45, 7) is 0. The van der Waals surface area contributed by atoms with Crippen LogP contribution in [-0.4, -0.2) is 16.2 Å². The van der Waals surface area contributed by atoms with E-state index < -0.39 is 75.4 Å². The first-order chi connectivity index (χ1) is 15.7. The van der Waals surface area contributed by atoms with Crippen LogP contribution in [0.25, 0.3) is 0 Å². The van der Waals surface area contributed by atoms with Gasteiger partial charge in [0, 0.05) is 0 Å². The molecule has 0 amide bonds. The lowest BCUT2D eigenvalue weighted by molar-refractivity contribution is -0.138. The molecule has 0 aliphatic carbocycles. The normalized spacial score (nSPS) is 11.9. The van der Waals surface area contributed by atoms with Crippen LogP contribution < -0.4 is 9.47 Å². The van der Waals surface area contributed by atoms with Crippen molar-refractivity contribution in [1.82, 2.24) is 0 Å². The van der Waals surface area contributed by atoms with Crippen LogP contribution in [0.4, 0.5) is 35.1 Å². The van der Waals surface area contributed by atoms with Crippen LogP contribution in [0.15, 0.2) is 48.5 Å². The van der Waals surface area contributed by atoms with Gasteiger partial charge in [-0.25, -0.2) is 13.6 Å². The van der Waals surface area contributed by atoms with E-state index in [2.05, 4.69) is 0 Å². The van der Waals surface area contributed by atoms with Gasteiger partial charge >= 0.3 is 18.3 Å². The third kappa shape index (κ3) is 4.97. The number of carbonyl (C=O) groups is 1. The van der Waals surface area contributed by atoms with Gasteiger partial charge in [0.15, 0.2) is 11.6 Å².